The molecular weight excluding hydrogens is 222 g/mol. The molecular formula is C11H23N3O3. The standard InChI is InChI=1S/C11H23N3O3/c12-7-3-1-5-9(13)11(17)14-8-4-2-6-10(15)16/h9H,1-8,12-13H2,(H,14,17)(H,15,16)/t9-/m0/s1. The Bertz CT molecular complexity index is 234. The van der Waals surface area contributed by atoms with Gasteiger partial charge in [-0.1, -0.05) is 6.42 Å². The highest BCUT2D eigenvalue weighted by Crippen LogP contribution is 1.98. The van der Waals surface area contributed by atoms with E-state index in [1.807, 2.05) is 0 Å². The number of hydrogen-bond donors (Lipinski definition) is 4. The van der Waals surface area contributed by atoms with E-state index in [-0.39, 0.29) is 12.3 Å². The Kier molecular flexibility index (Phi) is 9.37. The monoisotopic (exact) mass is 245 g/mol. The number of hydrogen-bond acceptors (Lipinski definition) is 4. The van der Waals surface area contributed by atoms with Gasteiger partial charge in [-0.25, -0.2) is 0 Å². The summed E-state index contributed by atoms with van der Waals surface area (Å²) in [5.74, 6) is -0.979. The first-order valence-corrected chi connectivity index (χ1v) is 6.03. The fourth-order valence-corrected chi connectivity index (χ4v) is 1.38. The topological polar surface area (TPSA) is 118 Å². The molecule has 0 heterocycles. The predicted octanol–water partition coefficient (Wildman–Crippen LogP) is -0.186. The van der Waals surface area contributed by atoms with Crippen LogP contribution in [0.4, 0.5) is 0 Å². The highest BCUT2D eigenvalue weighted by molar-refractivity contribution is 5.81. The number of carboxylic acids is 1. The molecule has 0 aliphatic heterocycles. The van der Waals surface area contributed by atoms with Crippen molar-refractivity contribution in [3.8, 4) is 0 Å². The van der Waals surface area contributed by atoms with Crippen LogP contribution in [0.15, 0.2) is 0 Å². The lowest BCUT2D eigenvalue weighted by molar-refractivity contribution is -0.137. The maximum atomic E-state index is 11.5. The van der Waals surface area contributed by atoms with Crippen LogP contribution < -0.4 is 16.8 Å². The second kappa shape index (κ2) is 10.0. The summed E-state index contributed by atoms with van der Waals surface area (Å²) in [5, 5.41) is 11.1. The SMILES string of the molecule is NCCCC[C@H](N)C(=O)NCCCCC(=O)O. The summed E-state index contributed by atoms with van der Waals surface area (Å²) in [6, 6.07) is -0.485. The molecule has 0 aliphatic carbocycles. The molecule has 1 amide bonds. The molecule has 0 saturated heterocycles. The molecule has 0 aliphatic rings. The summed E-state index contributed by atoms with van der Waals surface area (Å²) in [6.45, 7) is 1.10. The first-order valence-electron chi connectivity index (χ1n) is 6.03. The highest BCUT2D eigenvalue weighted by atomic mass is 16.4. The van der Waals surface area contributed by atoms with Crippen molar-refractivity contribution in [1.82, 2.24) is 5.32 Å². The zero-order valence-electron chi connectivity index (χ0n) is 10.2. The fraction of sp³-hybridized carbons (Fsp3) is 0.818. The van der Waals surface area contributed by atoms with Crippen molar-refractivity contribution in [1.29, 1.82) is 0 Å². The van der Waals surface area contributed by atoms with Gasteiger partial charge in [-0.3, -0.25) is 9.59 Å². The molecule has 0 radical (unpaired) electrons. The Hall–Kier alpha value is -1.14. The number of nitrogens with two attached hydrogens (primary N) is 2. The third-order valence-corrected chi connectivity index (χ3v) is 2.42. The number of nitrogens with one attached hydrogen (secondary N) is 1. The van der Waals surface area contributed by atoms with Crippen LogP contribution in [0, 0.1) is 0 Å². The Morgan fingerprint density at radius 2 is 1.88 bits per heavy atom. The first-order chi connectivity index (χ1) is 8.07. The summed E-state index contributed by atoms with van der Waals surface area (Å²) in [5.41, 5.74) is 11.0. The smallest absolute Gasteiger partial charge is 0.303 e. The van der Waals surface area contributed by atoms with Crippen molar-refractivity contribution < 1.29 is 14.7 Å². The molecule has 17 heavy (non-hydrogen) atoms. The molecule has 0 fully saturated rings. The first kappa shape index (κ1) is 15.9. The van der Waals surface area contributed by atoms with Gasteiger partial charge in [0.25, 0.3) is 0 Å². The Morgan fingerprint density at radius 3 is 2.47 bits per heavy atom. The fourth-order valence-electron chi connectivity index (χ4n) is 1.38. The van der Waals surface area contributed by atoms with Crippen molar-refractivity contribution in [2.75, 3.05) is 13.1 Å². The number of aliphatic carboxylic acids is 1. The average Bonchev–Trinajstić information content (AvgIpc) is 2.28. The van der Waals surface area contributed by atoms with Crippen LogP contribution in [-0.4, -0.2) is 36.1 Å². The number of rotatable bonds is 10. The maximum absolute atomic E-state index is 11.5. The summed E-state index contributed by atoms with van der Waals surface area (Å²) < 4.78 is 0. The van der Waals surface area contributed by atoms with Gasteiger partial charge in [-0.15, -0.1) is 0 Å². The van der Waals surface area contributed by atoms with Gasteiger partial charge in [0.05, 0.1) is 6.04 Å². The van der Waals surface area contributed by atoms with Crippen LogP contribution in [0.2, 0.25) is 0 Å². The lowest BCUT2D eigenvalue weighted by Gasteiger charge is -2.11. The Morgan fingerprint density at radius 1 is 1.18 bits per heavy atom. The molecule has 0 rings (SSSR count). The third-order valence-electron chi connectivity index (χ3n) is 2.42. The second-order valence-electron chi connectivity index (χ2n) is 4.03. The normalized spacial score (nSPS) is 12.1. The minimum absolute atomic E-state index is 0.137. The van der Waals surface area contributed by atoms with E-state index in [1.54, 1.807) is 0 Å². The zero-order chi connectivity index (χ0) is 13.1. The molecule has 100 valence electrons. The van der Waals surface area contributed by atoms with E-state index >= 15 is 0 Å². The molecule has 0 saturated carbocycles. The van der Waals surface area contributed by atoms with E-state index in [1.165, 1.54) is 0 Å². The minimum Gasteiger partial charge on any atom is -0.481 e. The van der Waals surface area contributed by atoms with Gasteiger partial charge in [0.2, 0.25) is 5.91 Å². The van der Waals surface area contributed by atoms with Crippen LogP contribution in [0.25, 0.3) is 0 Å². The Labute approximate surface area is 102 Å². The quantitative estimate of drug-likeness (QED) is 0.398. The highest BCUT2D eigenvalue weighted by Gasteiger charge is 2.11. The largest absolute Gasteiger partial charge is 0.481 e. The predicted molar refractivity (Wildman–Crippen MR) is 65.4 cm³/mol. The molecule has 0 aromatic carbocycles. The van der Waals surface area contributed by atoms with Crippen LogP contribution in [0.1, 0.15) is 38.5 Å². The van der Waals surface area contributed by atoms with Gasteiger partial charge in [-0.2, -0.15) is 0 Å². The number of carboxylic acid groups (broad SMARTS) is 1. The lowest BCUT2D eigenvalue weighted by Crippen LogP contribution is -2.40. The molecule has 6 heteroatoms. The number of carbonyl (C=O) groups excluding carboxylic acids is 1. The van der Waals surface area contributed by atoms with E-state index in [2.05, 4.69) is 5.32 Å². The summed E-state index contributed by atoms with van der Waals surface area (Å²) in [4.78, 5) is 21.7. The summed E-state index contributed by atoms with van der Waals surface area (Å²) >= 11 is 0. The van der Waals surface area contributed by atoms with Crippen molar-refractivity contribution in [2.24, 2.45) is 11.5 Å². The third kappa shape index (κ3) is 9.77. The van der Waals surface area contributed by atoms with Crippen molar-refractivity contribution in [2.45, 2.75) is 44.6 Å². The molecule has 6 nitrogen and oxygen atoms in total. The maximum Gasteiger partial charge on any atom is 0.303 e. The van der Waals surface area contributed by atoms with Crippen LogP contribution in [0.3, 0.4) is 0 Å². The van der Waals surface area contributed by atoms with E-state index < -0.39 is 12.0 Å². The molecule has 0 aromatic heterocycles. The van der Waals surface area contributed by atoms with Gasteiger partial charge in [0, 0.05) is 13.0 Å². The van der Waals surface area contributed by atoms with Gasteiger partial charge in [-0.05, 0) is 32.2 Å². The molecule has 0 spiro atoms. The van der Waals surface area contributed by atoms with Gasteiger partial charge < -0.3 is 21.9 Å². The van der Waals surface area contributed by atoms with Crippen molar-refractivity contribution in [3.05, 3.63) is 0 Å². The second-order valence-corrected chi connectivity index (χ2v) is 4.03. The van der Waals surface area contributed by atoms with E-state index in [0.29, 0.717) is 32.4 Å². The summed E-state index contributed by atoms with van der Waals surface area (Å²) in [7, 11) is 0. The van der Waals surface area contributed by atoms with E-state index in [9.17, 15) is 9.59 Å². The lowest BCUT2D eigenvalue weighted by atomic mass is 10.1. The molecule has 6 N–H and O–H groups in total. The number of carbonyl (C=O) groups is 2. The van der Waals surface area contributed by atoms with Crippen LogP contribution in [0.5, 0.6) is 0 Å². The molecule has 0 bridgehead atoms. The van der Waals surface area contributed by atoms with Gasteiger partial charge in [0.15, 0.2) is 0 Å². The van der Waals surface area contributed by atoms with E-state index in [0.717, 1.165) is 12.8 Å². The molecule has 0 unspecified atom stereocenters. The van der Waals surface area contributed by atoms with Gasteiger partial charge >= 0.3 is 5.97 Å². The van der Waals surface area contributed by atoms with Crippen LogP contribution in [-0.2, 0) is 9.59 Å². The van der Waals surface area contributed by atoms with Crippen LogP contribution >= 0.6 is 0 Å². The molecule has 1 atom stereocenters. The van der Waals surface area contributed by atoms with E-state index in [4.69, 9.17) is 16.6 Å². The average molecular weight is 245 g/mol. The van der Waals surface area contributed by atoms with Crippen molar-refractivity contribution in [3.63, 3.8) is 0 Å². The number of amides is 1. The van der Waals surface area contributed by atoms with Gasteiger partial charge in [0.1, 0.15) is 0 Å². The number of unbranched alkanes of at least 4 members (excludes halogenated alkanes) is 2. The zero-order valence-corrected chi connectivity index (χ0v) is 10.2. The van der Waals surface area contributed by atoms with Crippen molar-refractivity contribution >= 4 is 11.9 Å². The summed E-state index contributed by atoms with van der Waals surface area (Å²) in [6.07, 6.45) is 3.73. The molecule has 0 aromatic rings. The minimum atomic E-state index is -0.810. The Balaban J connectivity index is 3.47.